The molecule has 0 spiro atoms. The van der Waals surface area contributed by atoms with E-state index < -0.39 is 11.2 Å². The number of nitrogens with zero attached hydrogens (tertiary/aromatic N) is 4. The molecule has 186 valence electrons. The molecule has 1 saturated carbocycles. The largest absolute Gasteiger partial charge is 0.332 e. The van der Waals surface area contributed by atoms with Gasteiger partial charge < -0.3 is 5.32 Å². The molecule has 9 heteroatoms. The van der Waals surface area contributed by atoms with Gasteiger partial charge in [-0.3, -0.25) is 18.7 Å². The van der Waals surface area contributed by atoms with E-state index in [1.54, 1.807) is 7.05 Å². The standard InChI is InChI=1S/C26H33N5O3S/c1-4-5-9-17-12-14-19(15-13-17)27-20(32)16-35-24-21-23(30(2)26(34)31(3)25(21)33)28-22(29-24)18-10-7-6-8-11-18/h12-15,18H,4-11,16H2,1-3H3,(H,27,32). The van der Waals surface area contributed by atoms with Gasteiger partial charge in [-0.25, -0.2) is 14.8 Å². The molecular formula is C26H33N5O3S. The van der Waals surface area contributed by atoms with Crippen LogP contribution >= 0.6 is 11.8 Å². The maximum atomic E-state index is 13.0. The van der Waals surface area contributed by atoms with Crippen LogP contribution in [0.3, 0.4) is 0 Å². The van der Waals surface area contributed by atoms with Crippen molar-refractivity contribution < 1.29 is 4.79 Å². The van der Waals surface area contributed by atoms with E-state index in [2.05, 4.69) is 17.2 Å². The number of amides is 1. The fourth-order valence-electron chi connectivity index (χ4n) is 4.56. The highest BCUT2D eigenvalue weighted by atomic mass is 32.2. The molecule has 3 aromatic rings. The topological polar surface area (TPSA) is 98.9 Å². The maximum Gasteiger partial charge on any atom is 0.332 e. The number of aryl methyl sites for hydroxylation is 2. The Morgan fingerprint density at radius 1 is 1.06 bits per heavy atom. The van der Waals surface area contributed by atoms with Crippen molar-refractivity contribution in [2.75, 3.05) is 11.1 Å². The number of thioether (sulfide) groups is 1. The van der Waals surface area contributed by atoms with Crippen LogP contribution in [0.1, 0.15) is 69.2 Å². The van der Waals surface area contributed by atoms with Gasteiger partial charge in [-0.1, -0.05) is 56.5 Å². The highest BCUT2D eigenvalue weighted by molar-refractivity contribution is 8.00. The molecule has 2 aromatic heterocycles. The molecular weight excluding hydrogens is 462 g/mol. The van der Waals surface area contributed by atoms with E-state index in [1.165, 1.54) is 35.4 Å². The minimum atomic E-state index is -0.441. The molecule has 8 nitrogen and oxygen atoms in total. The average molecular weight is 496 g/mol. The fourth-order valence-corrected chi connectivity index (χ4v) is 5.38. The van der Waals surface area contributed by atoms with Crippen LogP contribution in [0.4, 0.5) is 5.69 Å². The summed E-state index contributed by atoms with van der Waals surface area (Å²) in [6.45, 7) is 2.17. The average Bonchev–Trinajstić information content (AvgIpc) is 2.89. The summed E-state index contributed by atoms with van der Waals surface area (Å²) in [7, 11) is 3.07. The monoisotopic (exact) mass is 495 g/mol. The van der Waals surface area contributed by atoms with Crippen molar-refractivity contribution in [3.05, 3.63) is 56.5 Å². The summed E-state index contributed by atoms with van der Waals surface area (Å²) < 4.78 is 2.46. The number of rotatable bonds is 8. The van der Waals surface area contributed by atoms with Gasteiger partial charge in [0.25, 0.3) is 5.56 Å². The maximum absolute atomic E-state index is 13.0. The summed E-state index contributed by atoms with van der Waals surface area (Å²) >= 11 is 1.22. The lowest BCUT2D eigenvalue weighted by atomic mass is 9.89. The Bertz CT molecular complexity index is 1320. The molecule has 1 aliphatic rings. The van der Waals surface area contributed by atoms with Crippen LogP contribution < -0.4 is 16.6 Å². The first-order valence-electron chi connectivity index (χ1n) is 12.4. The van der Waals surface area contributed by atoms with Crippen molar-refractivity contribution in [2.45, 2.75) is 69.2 Å². The quantitative estimate of drug-likeness (QED) is 0.372. The van der Waals surface area contributed by atoms with Crippen LogP contribution in [0.5, 0.6) is 0 Å². The van der Waals surface area contributed by atoms with Crippen molar-refractivity contribution in [3.8, 4) is 0 Å². The second-order valence-corrected chi connectivity index (χ2v) is 10.2. The number of unbranched alkanes of at least 4 members (excludes halogenated alkanes) is 1. The zero-order valence-electron chi connectivity index (χ0n) is 20.7. The molecule has 0 bridgehead atoms. The lowest BCUT2D eigenvalue weighted by Gasteiger charge is -2.21. The van der Waals surface area contributed by atoms with E-state index in [0.717, 1.165) is 55.2 Å². The fraction of sp³-hybridized carbons (Fsp3) is 0.500. The molecule has 1 N–H and O–H groups in total. The van der Waals surface area contributed by atoms with Crippen LogP contribution in [0.25, 0.3) is 11.0 Å². The number of fused-ring (bicyclic) bond motifs is 1. The third kappa shape index (κ3) is 5.66. The summed E-state index contributed by atoms with van der Waals surface area (Å²) in [5.41, 5.74) is 1.46. The van der Waals surface area contributed by atoms with Gasteiger partial charge in [0.05, 0.1) is 5.75 Å². The Kier molecular flexibility index (Phi) is 8.05. The number of hydrogen-bond donors (Lipinski definition) is 1. The number of anilines is 1. The van der Waals surface area contributed by atoms with Crippen LogP contribution in [0.15, 0.2) is 38.9 Å². The zero-order valence-corrected chi connectivity index (χ0v) is 21.5. The lowest BCUT2D eigenvalue weighted by molar-refractivity contribution is -0.113. The van der Waals surface area contributed by atoms with Crippen LogP contribution in [0, 0.1) is 0 Å². The van der Waals surface area contributed by atoms with Gasteiger partial charge in [0.15, 0.2) is 5.65 Å². The van der Waals surface area contributed by atoms with Crippen molar-refractivity contribution in [2.24, 2.45) is 14.1 Å². The highest BCUT2D eigenvalue weighted by Gasteiger charge is 2.23. The van der Waals surface area contributed by atoms with Gasteiger partial charge in [0, 0.05) is 25.7 Å². The summed E-state index contributed by atoms with van der Waals surface area (Å²) in [6.07, 6.45) is 8.72. The first-order valence-corrected chi connectivity index (χ1v) is 13.4. The molecule has 4 rings (SSSR count). The van der Waals surface area contributed by atoms with Crippen molar-refractivity contribution in [1.82, 2.24) is 19.1 Å². The van der Waals surface area contributed by atoms with E-state index in [-0.39, 0.29) is 23.0 Å². The van der Waals surface area contributed by atoms with Gasteiger partial charge in [0.1, 0.15) is 16.2 Å². The Morgan fingerprint density at radius 3 is 2.46 bits per heavy atom. The number of nitrogens with one attached hydrogen (secondary N) is 1. The van der Waals surface area contributed by atoms with E-state index in [9.17, 15) is 14.4 Å². The Labute approximate surface area is 209 Å². The van der Waals surface area contributed by atoms with Gasteiger partial charge in [-0.05, 0) is 43.4 Å². The first kappa shape index (κ1) is 25.2. The van der Waals surface area contributed by atoms with Gasteiger partial charge in [0.2, 0.25) is 5.91 Å². The first-order chi connectivity index (χ1) is 16.9. The molecule has 0 radical (unpaired) electrons. The molecule has 0 unspecified atom stereocenters. The zero-order chi connectivity index (χ0) is 24.9. The molecule has 0 atom stereocenters. The number of carbonyl (C=O) groups is 1. The predicted molar refractivity (Wildman–Crippen MR) is 140 cm³/mol. The number of benzene rings is 1. The third-order valence-electron chi connectivity index (χ3n) is 6.65. The highest BCUT2D eigenvalue weighted by Crippen LogP contribution is 2.33. The second-order valence-electron chi connectivity index (χ2n) is 9.26. The van der Waals surface area contributed by atoms with Crippen molar-refractivity contribution in [1.29, 1.82) is 0 Å². The molecule has 2 heterocycles. The van der Waals surface area contributed by atoms with Crippen molar-refractivity contribution >= 4 is 34.4 Å². The molecule has 35 heavy (non-hydrogen) atoms. The summed E-state index contributed by atoms with van der Waals surface area (Å²) in [5.74, 6) is 0.779. The SMILES string of the molecule is CCCCc1ccc(NC(=O)CSc2nc(C3CCCCC3)nc3c2c(=O)n(C)c(=O)n3C)cc1. The smallest absolute Gasteiger partial charge is 0.325 e. The molecule has 1 fully saturated rings. The van der Waals surface area contributed by atoms with E-state index in [4.69, 9.17) is 4.98 Å². The van der Waals surface area contributed by atoms with E-state index >= 15 is 0 Å². The molecule has 1 aliphatic carbocycles. The Hall–Kier alpha value is -2.94. The van der Waals surface area contributed by atoms with Crippen LogP contribution in [0.2, 0.25) is 0 Å². The van der Waals surface area contributed by atoms with Gasteiger partial charge in [-0.15, -0.1) is 0 Å². The van der Waals surface area contributed by atoms with Crippen molar-refractivity contribution in [3.63, 3.8) is 0 Å². The van der Waals surface area contributed by atoms with E-state index in [1.807, 2.05) is 24.3 Å². The molecule has 1 amide bonds. The Morgan fingerprint density at radius 2 is 1.77 bits per heavy atom. The predicted octanol–water partition coefficient (Wildman–Crippen LogP) is 4.15. The third-order valence-corrected chi connectivity index (χ3v) is 7.63. The number of aromatic nitrogens is 4. The minimum absolute atomic E-state index is 0.0970. The second kappa shape index (κ2) is 11.2. The number of carbonyl (C=O) groups excluding carboxylic acids is 1. The normalized spacial score (nSPS) is 14.4. The molecule has 1 aromatic carbocycles. The number of hydrogen-bond acceptors (Lipinski definition) is 6. The van der Waals surface area contributed by atoms with Crippen LogP contribution in [-0.4, -0.2) is 30.8 Å². The van der Waals surface area contributed by atoms with E-state index in [0.29, 0.717) is 16.5 Å². The molecule has 0 saturated heterocycles. The summed E-state index contributed by atoms with van der Waals surface area (Å²) in [4.78, 5) is 47.7. The lowest BCUT2D eigenvalue weighted by Crippen LogP contribution is -2.38. The summed E-state index contributed by atoms with van der Waals surface area (Å²) in [5, 5.41) is 3.67. The Balaban J connectivity index is 1.59. The van der Waals surface area contributed by atoms with Gasteiger partial charge in [-0.2, -0.15) is 0 Å². The van der Waals surface area contributed by atoms with Gasteiger partial charge >= 0.3 is 5.69 Å². The summed E-state index contributed by atoms with van der Waals surface area (Å²) in [6, 6.07) is 7.91. The molecule has 0 aliphatic heterocycles. The minimum Gasteiger partial charge on any atom is -0.325 e. The van der Waals surface area contributed by atoms with Crippen LogP contribution in [-0.2, 0) is 25.3 Å².